The van der Waals surface area contributed by atoms with Crippen molar-refractivity contribution in [2.45, 2.75) is 87.8 Å². The molecule has 32 heavy (non-hydrogen) atoms. The van der Waals surface area contributed by atoms with Crippen LogP contribution < -0.4 is 16.0 Å². The summed E-state index contributed by atoms with van der Waals surface area (Å²) < 4.78 is 0. The fourth-order valence-electron chi connectivity index (χ4n) is 7.48. The maximum absolute atomic E-state index is 13.5. The number of nitrogens with zero attached hydrogens (tertiary/aromatic N) is 2. The Hall–Kier alpha value is -2.22. The zero-order chi connectivity index (χ0) is 21.9. The zero-order valence-electron chi connectivity index (χ0n) is 18.5. The summed E-state index contributed by atoms with van der Waals surface area (Å²) in [7, 11) is 0. The largest absolute Gasteiger partial charge is 0.390 e. The third-order valence-electron chi connectivity index (χ3n) is 8.70. The third kappa shape index (κ3) is 3.56. The minimum absolute atomic E-state index is 0.0265. The number of aliphatic hydroxyl groups is 1. The lowest BCUT2D eigenvalue weighted by atomic mass is 9.52. The maximum Gasteiger partial charge on any atom is 0.254 e. The standard InChI is InChI=1S/C24H33N5O3/c30-21(28-19-15-7-13-8-16(19)11-24(32,9-13)10-15)17-12-26-23(27-18-5-6-25-22(18)31)29-20(17)14-3-1-2-4-14/h12-16,18-19,32H,1-11H2,(H,25,31)(H,28,30)(H,26,27,29)/t13?,15-,16+,18-,19?,24?/m0/s1. The van der Waals surface area contributed by atoms with Gasteiger partial charge >= 0.3 is 0 Å². The fourth-order valence-corrected chi connectivity index (χ4v) is 7.48. The summed E-state index contributed by atoms with van der Waals surface area (Å²) in [6.45, 7) is 0.659. The Balaban J connectivity index is 1.23. The molecule has 6 fully saturated rings. The molecule has 6 atom stereocenters. The number of amides is 2. The van der Waals surface area contributed by atoms with Crippen molar-refractivity contribution in [2.75, 3.05) is 11.9 Å². The van der Waals surface area contributed by atoms with E-state index in [0.717, 1.165) is 63.5 Å². The molecule has 4 N–H and O–H groups in total. The molecule has 172 valence electrons. The van der Waals surface area contributed by atoms with Crippen LogP contribution in [0.5, 0.6) is 0 Å². The molecular weight excluding hydrogens is 406 g/mol. The molecule has 1 aliphatic heterocycles. The van der Waals surface area contributed by atoms with Crippen molar-refractivity contribution < 1.29 is 14.7 Å². The molecule has 6 aliphatic rings. The van der Waals surface area contributed by atoms with Crippen molar-refractivity contribution in [1.82, 2.24) is 20.6 Å². The van der Waals surface area contributed by atoms with Crippen molar-refractivity contribution in [1.29, 1.82) is 0 Å². The summed E-state index contributed by atoms with van der Waals surface area (Å²) in [5.41, 5.74) is 0.888. The molecule has 0 radical (unpaired) electrons. The van der Waals surface area contributed by atoms with Gasteiger partial charge < -0.3 is 21.1 Å². The molecule has 4 bridgehead atoms. The maximum atomic E-state index is 13.5. The minimum Gasteiger partial charge on any atom is -0.390 e. The Morgan fingerprint density at radius 2 is 1.88 bits per heavy atom. The highest BCUT2D eigenvalue weighted by atomic mass is 16.3. The molecule has 0 aromatic carbocycles. The van der Waals surface area contributed by atoms with Crippen molar-refractivity contribution in [3.63, 3.8) is 0 Å². The van der Waals surface area contributed by atoms with E-state index >= 15 is 0 Å². The lowest BCUT2D eigenvalue weighted by molar-refractivity contribution is -0.136. The van der Waals surface area contributed by atoms with E-state index in [-0.39, 0.29) is 29.8 Å². The van der Waals surface area contributed by atoms with Crippen LogP contribution in [0, 0.1) is 17.8 Å². The van der Waals surface area contributed by atoms with Gasteiger partial charge in [-0.25, -0.2) is 9.97 Å². The molecule has 8 heteroatoms. The average Bonchev–Trinajstić information content (AvgIpc) is 3.42. The molecule has 3 unspecified atom stereocenters. The highest BCUT2D eigenvalue weighted by molar-refractivity contribution is 5.95. The van der Waals surface area contributed by atoms with Gasteiger partial charge in [-0.05, 0) is 69.1 Å². The number of aromatic nitrogens is 2. The van der Waals surface area contributed by atoms with Crippen molar-refractivity contribution in [3.05, 3.63) is 17.5 Å². The first-order valence-electron chi connectivity index (χ1n) is 12.4. The van der Waals surface area contributed by atoms with Gasteiger partial charge in [-0.3, -0.25) is 9.59 Å². The van der Waals surface area contributed by atoms with Crippen LogP contribution in [0.4, 0.5) is 5.95 Å². The smallest absolute Gasteiger partial charge is 0.254 e. The molecule has 0 spiro atoms. The molecule has 7 rings (SSSR count). The van der Waals surface area contributed by atoms with Crippen molar-refractivity contribution >= 4 is 17.8 Å². The van der Waals surface area contributed by atoms with Gasteiger partial charge in [0.25, 0.3) is 5.91 Å². The van der Waals surface area contributed by atoms with Gasteiger partial charge in [0.2, 0.25) is 11.9 Å². The van der Waals surface area contributed by atoms with E-state index in [1.165, 1.54) is 0 Å². The molecule has 8 nitrogen and oxygen atoms in total. The van der Waals surface area contributed by atoms with Gasteiger partial charge in [0.05, 0.1) is 16.9 Å². The molecule has 2 amide bonds. The zero-order valence-corrected chi connectivity index (χ0v) is 18.5. The van der Waals surface area contributed by atoms with Crippen LogP contribution in [-0.4, -0.2) is 51.1 Å². The molecule has 5 saturated carbocycles. The van der Waals surface area contributed by atoms with Crippen LogP contribution in [0.25, 0.3) is 0 Å². The number of anilines is 1. The summed E-state index contributed by atoms with van der Waals surface area (Å²) in [6, 6.07) is -0.180. The van der Waals surface area contributed by atoms with E-state index in [2.05, 4.69) is 20.9 Å². The summed E-state index contributed by atoms with van der Waals surface area (Å²) in [6.07, 6.45) is 11.5. The summed E-state index contributed by atoms with van der Waals surface area (Å²) >= 11 is 0. The average molecular weight is 440 g/mol. The van der Waals surface area contributed by atoms with Crippen LogP contribution in [0.1, 0.15) is 86.2 Å². The minimum atomic E-state index is -0.504. The summed E-state index contributed by atoms with van der Waals surface area (Å²) in [5, 5.41) is 20.2. The Labute approximate surface area is 188 Å². The number of carbonyl (C=O) groups is 2. The second-order valence-electron chi connectivity index (χ2n) is 10.9. The SMILES string of the molecule is O=C(NC1[C@@H]2CC3C[C@H]1CC(O)(C3)C2)c1cnc(N[C@H]2CCNC2=O)nc1C1CCCC1. The second kappa shape index (κ2) is 7.68. The predicted molar refractivity (Wildman–Crippen MR) is 118 cm³/mol. The van der Waals surface area contributed by atoms with Gasteiger partial charge in [-0.1, -0.05) is 12.8 Å². The van der Waals surface area contributed by atoms with Gasteiger partial charge in [0.15, 0.2) is 0 Å². The lowest BCUT2D eigenvalue weighted by Crippen LogP contribution is -2.61. The first-order chi connectivity index (χ1) is 15.5. The molecular formula is C24H33N5O3. The monoisotopic (exact) mass is 439 g/mol. The van der Waals surface area contributed by atoms with Gasteiger partial charge in [0.1, 0.15) is 6.04 Å². The van der Waals surface area contributed by atoms with Gasteiger partial charge in [0, 0.05) is 24.7 Å². The Morgan fingerprint density at radius 1 is 1.12 bits per heavy atom. The Morgan fingerprint density at radius 3 is 2.53 bits per heavy atom. The first-order valence-corrected chi connectivity index (χ1v) is 12.4. The van der Waals surface area contributed by atoms with Crippen molar-refractivity contribution in [2.24, 2.45) is 17.8 Å². The van der Waals surface area contributed by atoms with E-state index < -0.39 is 5.60 Å². The van der Waals surface area contributed by atoms with Gasteiger partial charge in [-0.2, -0.15) is 0 Å². The number of carbonyl (C=O) groups excluding carboxylic acids is 2. The number of rotatable bonds is 5. The van der Waals surface area contributed by atoms with Crippen LogP contribution in [0.2, 0.25) is 0 Å². The molecule has 1 aromatic heterocycles. The van der Waals surface area contributed by atoms with E-state index in [0.29, 0.717) is 42.2 Å². The quantitative estimate of drug-likeness (QED) is 0.558. The molecule has 2 heterocycles. The van der Waals surface area contributed by atoms with E-state index in [1.54, 1.807) is 6.20 Å². The molecule has 1 saturated heterocycles. The normalized spacial score (nSPS) is 38.2. The van der Waals surface area contributed by atoms with E-state index in [4.69, 9.17) is 4.98 Å². The first kappa shape index (κ1) is 20.4. The Kier molecular flexibility index (Phi) is 4.89. The van der Waals surface area contributed by atoms with Gasteiger partial charge in [-0.15, -0.1) is 0 Å². The number of hydrogen-bond acceptors (Lipinski definition) is 6. The lowest BCUT2D eigenvalue weighted by Gasteiger charge is -2.58. The highest BCUT2D eigenvalue weighted by Crippen LogP contribution is 2.55. The van der Waals surface area contributed by atoms with Crippen LogP contribution in [0.3, 0.4) is 0 Å². The molecule has 5 aliphatic carbocycles. The van der Waals surface area contributed by atoms with Crippen LogP contribution in [-0.2, 0) is 4.79 Å². The van der Waals surface area contributed by atoms with E-state index in [1.807, 2.05) is 0 Å². The molecule has 1 aromatic rings. The number of nitrogens with one attached hydrogen (secondary N) is 3. The summed E-state index contributed by atoms with van der Waals surface area (Å²) in [5.74, 6) is 1.93. The number of hydrogen-bond donors (Lipinski definition) is 4. The third-order valence-corrected chi connectivity index (χ3v) is 8.70. The predicted octanol–water partition coefficient (Wildman–Crippen LogP) is 2.10. The van der Waals surface area contributed by atoms with Crippen LogP contribution in [0.15, 0.2) is 6.20 Å². The highest BCUT2D eigenvalue weighted by Gasteiger charge is 2.55. The summed E-state index contributed by atoms with van der Waals surface area (Å²) in [4.78, 5) is 34.6. The second-order valence-corrected chi connectivity index (χ2v) is 10.9. The fraction of sp³-hybridized carbons (Fsp3) is 0.750. The topological polar surface area (TPSA) is 116 Å². The van der Waals surface area contributed by atoms with Crippen LogP contribution >= 0.6 is 0 Å². The Bertz CT molecular complexity index is 914. The van der Waals surface area contributed by atoms with E-state index in [9.17, 15) is 14.7 Å². The van der Waals surface area contributed by atoms with Crippen molar-refractivity contribution in [3.8, 4) is 0 Å².